The first-order valence-corrected chi connectivity index (χ1v) is 2.34. The maximum absolute atomic E-state index is 8.34. The van der Waals surface area contributed by atoms with Crippen LogP contribution in [0.1, 0.15) is 0 Å². The third-order valence-electron chi connectivity index (χ3n) is 0.421. The number of aliphatic hydroxyl groups is 2. The summed E-state index contributed by atoms with van der Waals surface area (Å²) in [6.45, 7) is -0.191. The van der Waals surface area contributed by atoms with E-state index in [1.807, 2.05) is 0 Å². The molecule has 0 radical (unpaired) electrons. The van der Waals surface area contributed by atoms with Crippen molar-refractivity contribution in [1.29, 1.82) is 0 Å². The van der Waals surface area contributed by atoms with Gasteiger partial charge in [0.25, 0.3) is 0 Å². The van der Waals surface area contributed by atoms with Crippen LogP contribution in [0.15, 0.2) is 0 Å². The van der Waals surface area contributed by atoms with Crippen molar-refractivity contribution in [2.45, 2.75) is 6.10 Å². The minimum absolute atomic E-state index is 0. The summed E-state index contributed by atoms with van der Waals surface area (Å²) >= 11 is 3.69. The third-order valence-corrected chi connectivity index (χ3v) is 0.843. The van der Waals surface area contributed by atoms with E-state index in [9.17, 15) is 0 Å². The fourth-order valence-electron chi connectivity index (χ4n) is 0.0577. The predicted molar refractivity (Wildman–Crippen MR) is 34.1 cm³/mol. The second-order valence-electron chi connectivity index (χ2n) is 1.02. The molecule has 0 spiro atoms. The summed E-state index contributed by atoms with van der Waals surface area (Å²) in [5.41, 5.74) is 0. The van der Waals surface area contributed by atoms with Gasteiger partial charge in [0.1, 0.15) is 0 Å². The van der Waals surface area contributed by atoms with E-state index in [0.717, 1.165) is 0 Å². The SMILES string of the molecule is OCC(O)CS.[NaH]. The average Bonchev–Trinajstić information content (AvgIpc) is 1.65. The second-order valence-corrected chi connectivity index (χ2v) is 1.38. The topological polar surface area (TPSA) is 40.5 Å². The summed E-state index contributed by atoms with van der Waals surface area (Å²) in [5, 5.41) is 16.4. The van der Waals surface area contributed by atoms with Gasteiger partial charge in [0.2, 0.25) is 0 Å². The van der Waals surface area contributed by atoms with Crippen molar-refractivity contribution >= 4 is 42.2 Å². The number of hydrogen-bond acceptors (Lipinski definition) is 3. The normalized spacial score (nSPS) is 12.4. The molecule has 4 heteroatoms. The molecule has 0 heterocycles. The van der Waals surface area contributed by atoms with Gasteiger partial charge in [-0.05, 0) is 0 Å². The fourth-order valence-corrected chi connectivity index (χ4v) is 0.173. The summed E-state index contributed by atoms with van der Waals surface area (Å²) in [5.74, 6) is 0.330. The molecule has 40 valence electrons. The molecule has 0 aliphatic carbocycles. The van der Waals surface area contributed by atoms with Crippen molar-refractivity contribution in [3.8, 4) is 0 Å². The molecule has 0 saturated carbocycles. The van der Waals surface area contributed by atoms with Crippen LogP contribution >= 0.6 is 12.6 Å². The Morgan fingerprint density at radius 1 is 1.57 bits per heavy atom. The molecule has 2 N–H and O–H groups in total. The molecule has 0 saturated heterocycles. The van der Waals surface area contributed by atoms with Crippen LogP contribution in [0.3, 0.4) is 0 Å². The molecule has 1 atom stereocenters. The maximum atomic E-state index is 8.34. The zero-order chi connectivity index (χ0) is 4.99. The predicted octanol–water partition coefficient (Wildman–Crippen LogP) is -1.38. The zero-order valence-electron chi connectivity index (χ0n) is 3.33. The molecule has 0 aliphatic rings. The quantitative estimate of drug-likeness (QED) is 0.320. The van der Waals surface area contributed by atoms with E-state index in [-0.39, 0.29) is 36.2 Å². The summed E-state index contributed by atoms with van der Waals surface area (Å²) < 4.78 is 0. The molecule has 0 amide bonds. The van der Waals surface area contributed by atoms with Crippen molar-refractivity contribution in [1.82, 2.24) is 0 Å². The zero-order valence-corrected chi connectivity index (χ0v) is 4.23. The Morgan fingerprint density at radius 3 is 2.00 bits per heavy atom. The number of rotatable bonds is 2. The first kappa shape index (κ1) is 11.1. The Balaban J connectivity index is 0. The third kappa shape index (κ3) is 7.27. The summed E-state index contributed by atoms with van der Waals surface area (Å²) in [7, 11) is 0. The molecular formula is C3H9NaO2S. The van der Waals surface area contributed by atoms with Gasteiger partial charge < -0.3 is 10.2 Å². The van der Waals surface area contributed by atoms with E-state index in [1.165, 1.54) is 0 Å². The van der Waals surface area contributed by atoms with Crippen LogP contribution in [0.25, 0.3) is 0 Å². The van der Waals surface area contributed by atoms with Gasteiger partial charge in [-0.15, -0.1) is 0 Å². The Hall–Kier alpha value is 1.27. The molecule has 0 rings (SSSR count). The summed E-state index contributed by atoms with van der Waals surface area (Å²) in [6.07, 6.45) is -0.645. The monoisotopic (exact) mass is 132 g/mol. The average molecular weight is 132 g/mol. The van der Waals surface area contributed by atoms with E-state index < -0.39 is 6.10 Å². The van der Waals surface area contributed by atoms with Gasteiger partial charge >= 0.3 is 29.6 Å². The van der Waals surface area contributed by atoms with Crippen LogP contribution in [0, 0.1) is 0 Å². The van der Waals surface area contributed by atoms with Gasteiger partial charge in [0.15, 0.2) is 0 Å². The van der Waals surface area contributed by atoms with Gasteiger partial charge in [0.05, 0.1) is 12.7 Å². The van der Waals surface area contributed by atoms with Crippen LogP contribution < -0.4 is 0 Å². The van der Waals surface area contributed by atoms with Crippen LogP contribution in [-0.4, -0.2) is 58.2 Å². The first-order valence-electron chi connectivity index (χ1n) is 1.71. The van der Waals surface area contributed by atoms with Crippen molar-refractivity contribution in [3.63, 3.8) is 0 Å². The molecule has 2 nitrogen and oxygen atoms in total. The minimum atomic E-state index is -0.645. The Labute approximate surface area is 70.6 Å². The van der Waals surface area contributed by atoms with E-state index >= 15 is 0 Å². The molecule has 1 unspecified atom stereocenters. The van der Waals surface area contributed by atoms with Crippen molar-refractivity contribution in [2.24, 2.45) is 0 Å². The Morgan fingerprint density at radius 2 is 2.00 bits per heavy atom. The molecule has 0 bridgehead atoms. The van der Waals surface area contributed by atoms with E-state index in [4.69, 9.17) is 10.2 Å². The van der Waals surface area contributed by atoms with E-state index in [0.29, 0.717) is 5.75 Å². The fraction of sp³-hybridized carbons (Fsp3) is 1.00. The summed E-state index contributed by atoms with van der Waals surface area (Å²) in [6, 6.07) is 0. The van der Waals surface area contributed by atoms with Crippen molar-refractivity contribution in [3.05, 3.63) is 0 Å². The van der Waals surface area contributed by atoms with Crippen molar-refractivity contribution < 1.29 is 10.2 Å². The standard InChI is InChI=1S/C3H8O2S.Na.H/c4-1-3(5)2-6;;/h3-6H,1-2H2;;. The molecule has 0 aromatic rings. The van der Waals surface area contributed by atoms with Crippen LogP contribution in [0.2, 0.25) is 0 Å². The van der Waals surface area contributed by atoms with Gasteiger partial charge in [-0.2, -0.15) is 12.6 Å². The van der Waals surface area contributed by atoms with Crippen LogP contribution in [0.4, 0.5) is 0 Å². The molecular weight excluding hydrogens is 123 g/mol. The van der Waals surface area contributed by atoms with Gasteiger partial charge in [-0.25, -0.2) is 0 Å². The van der Waals surface area contributed by atoms with Gasteiger partial charge in [-0.1, -0.05) is 0 Å². The van der Waals surface area contributed by atoms with Gasteiger partial charge in [0, 0.05) is 5.75 Å². The summed E-state index contributed by atoms with van der Waals surface area (Å²) in [4.78, 5) is 0. The van der Waals surface area contributed by atoms with E-state index in [1.54, 1.807) is 0 Å². The molecule has 0 aliphatic heterocycles. The molecule has 7 heavy (non-hydrogen) atoms. The number of hydrogen-bond donors (Lipinski definition) is 3. The Kier molecular flexibility index (Phi) is 11.5. The second kappa shape index (κ2) is 7.27. The van der Waals surface area contributed by atoms with Crippen LogP contribution in [-0.2, 0) is 0 Å². The molecule has 0 aromatic heterocycles. The molecule has 0 aromatic carbocycles. The molecule has 0 fully saturated rings. The van der Waals surface area contributed by atoms with E-state index in [2.05, 4.69) is 12.6 Å². The van der Waals surface area contributed by atoms with Crippen molar-refractivity contribution in [2.75, 3.05) is 12.4 Å². The first-order chi connectivity index (χ1) is 2.81. The number of thiol groups is 1. The van der Waals surface area contributed by atoms with Gasteiger partial charge in [-0.3, -0.25) is 0 Å². The Bertz CT molecular complexity index is 32.1. The number of aliphatic hydroxyl groups excluding tert-OH is 2. The van der Waals surface area contributed by atoms with Crippen LogP contribution in [0.5, 0.6) is 0 Å².